The Morgan fingerprint density at radius 2 is 1.84 bits per heavy atom. The van der Waals surface area contributed by atoms with Crippen molar-refractivity contribution in [2.75, 3.05) is 0 Å². The molecule has 0 fully saturated rings. The minimum atomic E-state index is -0.570. The molecular formula is C19H19N3O2S. The molecule has 0 spiro atoms. The molecule has 3 aromatic rings. The topological polar surface area (TPSA) is 55.3 Å². The maximum Gasteiger partial charge on any atom is 0.413 e. The number of carbonyl (C=O) groups is 1. The first-order valence-corrected chi connectivity index (χ1v) is 8.33. The summed E-state index contributed by atoms with van der Waals surface area (Å²) in [6.45, 7) is 0.734. The zero-order valence-corrected chi connectivity index (χ0v) is 14.7. The number of aromatic nitrogens is 1. The van der Waals surface area contributed by atoms with Crippen molar-refractivity contribution in [3.05, 3.63) is 71.9 Å². The van der Waals surface area contributed by atoms with Crippen LogP contribution < -0.4 is 10.6 Å². The van der Waals surface area contributed by atoms with Gasteiger partial charge in [0.2, 0.25) is 0 Å². The Bertz CT molecular complexity index is 890. The van der Waals surface area contributed by atoms with Gasteiger partial charge in [0, 0.05) is 30.7 Å². The average Bonchev–Trinajstić information content (AvgIpc) is 2.95. The number of para-hydroxylation sites is 1. The van der Waals surface area contributed by atoms with Gasteiger partial charge in [-0.1, -0.05) is 48.5 Å². The van der Waals surface area contributed by atoms with E-state index in [9.17, 15) is 4.79 Å². The summed E-state index contributed by atoms with van der Waals surface area (Å²) >= 11 is 5.16. The van der Waals surface area contributed by atoms with Crippen LogP contribution in [0.1, 0.15) is 11.1 Å². The van der Waals surface area contributed by atoms with Crippen LogP contribution in [0.2, 0.25) is 0 Å². The zero-order valence-electron chi connectivity index (χ0n) is 13.9. The Morgan fingerprint density at radius 3 is 2.64 bits per heavy atom. The highest BCUT2D eigenvalue weighted by atomic mass is 32.1. The van der Waals surface area contributed by atoms with Gasteiger partial charge in [0.1, 0.15) is 6.61 Å². The van der Waals surface area contributed by atoms with Crippen LogP contribution in [0.15, 0.2) is 60.8 Å². The first kappa shape index (κ1) is 17.0. The number of ether oxygens (including phenoxy) is 1. The highest BCUT2D eigenvalue weighted by Gasteiger charge is 2.08. The normalized spacial score (nSPS) is 10.4. The fourth-order valence-electron chi connectivity index (χ4n) is 2.64. The van der Waals surface area contributed by atoms with Crippen molar-refractivity contribution >= 4 is 34.3 Å². The maximum absolute atomic E-state index is 11.8. The minimum Gasteiger partial charge on any atom is -0.444 e. The van der Waals surface area contributed by atoms with E-state index in [1.807, 2.05) is 55.7 Å². The number of thiocarbonyl (C=S) groups is 1. The SMILES string of the molecule is Cn1cc(CNC(=S)NC(=O)OCc2ccccc2)c2ccccc21. The average molecular weight is 353 g/mol. The van der Waals surface area contributed by atoms with Crippen molar-refractivity contribution in [2.45, 2.75) is 13.2 Å². The first-order chi connectivity index (χ1) is 12.1. The summed E-state index contributed by atoms with van der Waals surface area (Å²) < 4.78 is 7.21. The van der Waals surface area contributed by atoms with Gasteiger partial charge in [-0.25, -0.2) is 4.79 Å². The second kappa shape index (κ2) is 7.81. The van der Waals surface area contributed by atoms with Crippen LogP contribution in [0.4, 0.5) is 4.79 Å². The molecule has 3 rings (SSSR count). The van der Waals surface area contributed by atoms with Gasteiger partial charge in [-0.3, -0.25) is 5.32 Å². The molecule has 2 N–H and O–H groups in total. The minimum absolute atomic E-state index is 0.207. The Labute approximate surface area is 151 Å². The number of fused-ring (bicyclic) bond motifs is 1. The van der Waals surface area contributed by atoms with Crippen molar-refractivity contribution in [1.29, 1.82) is 0 Å². The molecular weight excluding hydrogens is 334 g/mol. The quantitative estimate of drug-likeness (QED) is 0.705. The van der Waals surface area contributed by atoms with Crippen molar-refractivity contribution in [1.82, 2.24) is 15.2 Å². The van der Waals surface area contributed by atoms with Crippen LogP contribution in [0.5, 0.6) is 0 Å². The number of hydrogen-bond donors (Lipinski definition) is 2. The molecule has 1 amide bonds. The van der Waals surface area contributed by atoms with E-state index in [0.717, 1.165) is 22.0 Å². The second-order valence-electron chi connectivity index (χ2n) is 5.65. The van der Waals surface area contributed by atoms with Gasteiger partial charge in [0.25, 0.3) is 0 Å². The third-order valence-electron chi connectivity index (χ3n) is 3.85. The predicted octanol–water partition coefficient (Wildman–Crippen LogP) is 3.48. The van der Waals surface area contributed by atoms with Crippen LogP contribution in [0, 0.1) is 0 Å². The van der Waals surface area contributed by atoms with Gasteiger partial charge < -0.3 is 14.6 Å². The fourth-order valence-corrected chi connectivity index (χ4v) is 2.79. The lowest BCUT2D eigenvalue weighted by molar-refractivity contribution is 0.145. The number of benzene rings is 2. The molecule has 0 saturated carbocycles. The standard InChI is InChI=1S/C19H19N3O2S/c1-22-12-15(16-9-5-6-10-17(16)22)11-20-18(25)21-19(23)24-13-14-7-3-2-4-8-14/h2-10,12H,11,13H2,1H3,(H2,20,21,23,25). The molecule has 1 heterocycles. The van der Waals surface area contributed by atoms with E-state index < -0.39 is 6.09 Å². The zero-order chi connectivity index (χ0) is 17.6. The number of nitrogens with one attached hydrogen (secondary N) is 2. The summed E-state index contributed by atoms with van der Waals surface area (Å²) in [5.41, 5.74) is 3.19. The molecule has 0 saturated heterocycles. The summed E-state index contributed by atoms with van der Waals surface area (Å²) in [4.78, 5) is 11.8. The molecule has 25 heavy (non-hydrogen) atoms. The molecule has 1 aromatic heterocycles. The highest BCUT2D eigenvalue weighted by molar-refractivity contribution is 7.80. The summed E-state index contributed by atoms with van der Waals surface area (Å²) in [6, 6.07) is 17.6. The maximum atomic E-state index is 11.8. The Morgan fingerprint density at radius 1 is 1.12 bits per heavy atom. The molecule has 6 heteroatoms. The molecule has 0 aliphatic carbocycles. The van der Waals surface area contributed by atoms with Gasteiger partial charge in [-0.2, -0.15) is 0 Å². The van der Waals surface area contributed by atoms with Crippen molar-refractivity contribution in [3.8, 4) is 0 Å². The van der Waals surface area contributed by atoms with Crippen LogP contribution in [-0.2, 0) is 24.9 Å². The Balaban J connectivity index is 1.50. The van der Waals surface area contributed by atoms with Crippen LogP contribution in [-0.4, -0.2) is 15.8 Å². The van der Waals surface area contributed by atoms with E-state index in [4.69, 9.17) is 17.0 Å². The molecule has 0 aliphatic rings. The molecule has 5 nitrogen and oxygen atoms in total. The van der Waals surface area contributed by atoms with Crippen molar-refractivity contribution in [3.63, 3.8) is 0 Å². The molecule has 0 atom stereocenters. The number of alkyl carbamates (subject to hydrolysis) is 1. The lowest BCUT2D eigenvalue weighted by Gasteiger charge is -2.10. The predicted molar refractivity (Wildman–Crippen MR) is 102 cm³/mol. The van der Waals surface area contributed by atoms with Crippen LogP contribution in [0.3, 0.4) is 0 Å². The van der Waals surface area contributed by atoms with Gasteiger partial charge in [-0.05, 0) is 29.4 Å². The van der Waals surface area contributed by atoms with E-state index in [2.05, 4.69) is 27.3 Å². The molecule has 0 radical (unpaired) electrons. The van der Waals surface area contributed by atoms with E-state index in [1.54, 1.807) is 0 Å². The van der Waals surface area contributed by atoms with E-state index in [-0.39, 0.29) is 11.7 Å². The number of rotatable bonds is 4. The number of aryl methyl sites for hydroxylation is 1. The Kier molecular flexibility index (Phi) is 5.30. The number of nitrogens with zero attached hydrogens (tertiary/aromatic N) is 1. The van der Waals surface area contributed by atoms with Crippen molar-refractivity contribution < 1.29 is 9.53 Å². The summed E-state index contributed by atoms with van der Waals surface area (Å²) in [6.07, 6.45) is 1.48. The highest BCUT2D eigenvalue weighted by Crippen LogP contribution is 2.19. The van der Waals surface area contributed by atoms with Crippen molar-refractivity contribution in [2.24, 2.45) is 7.05 Å². The largest absolute Gasteiger partial charge is 0.444 e. The van der Waals surface area contributed by atoms with E-state index in [0.29, 0.717) is 6.54 Å². The smallest absolute Gasteiger partial charge is 0.413 e. The lowest BCUT2D eigenvalue weighted by atomic mass is 10.2. The fraction of sp³-hybridized carbons (Fsp3) is 0.158. The summed E-state index contributed by atoms with van der Waals surface area (Å²) in [5, 5.41) is 6.97. The monoisotopic (exact) mass is 353 g/mol. The number of amides is 1. The van der Waals surface area contributed by atoms with Crippen LogP contribution >= 0.6 is 12.2 Å². The number of carbonyl (C=O) groups excluding carboxylic acids is 1. The molecule has 0 bridgehead atoms. The van der Waals surface area contributed by atoms with Gasteiger partial charge >= 0.3 is 6.09 Å². The van der Waals surface area contributed by atoms with E-state index >= 15 is 0 Å². The third-order valence-corrected chi connectivity index (χ3v) is 4.09. The lowest BCUT2D eigenvalue weighted by Crippen LogP contribution is -2.39. The first-order valence-electron chi connectivity index (χ1n) is 7.92. The van der Waals surface area contributed by atoms with Gasteiger partial charge in [0.05, 0.1) is 0 Å². The molecule has 2 aromatic carbocycles. The molecule has 0 unspecified atom stereocenters. The second-order valence-corrected chi connectivity index (χ2v) is 6.06. The summed E-state index contributed by atoms with van der Waals surface area (Å²) in [7, 11) is 2.00. The third kappa shape index (κ3) is 4.36. The van der Waals surface area contributed by atoms with Gasteiger partial charge in [-0.15, -0.1) is 0 Å². The van der Waals surface area contributed by atoms with Gasteiger partial charge in [0.15, 0.2) is 5.11 Å². The summed E-state index contributed by atoms with van der Waals surface area (Å²) in [5.74, 6) is 0. The molecule has 0 aliphatic heterocycles. The number of hydrogen-bond acceptors (Lipinski definition) is 3. The Hall–Kier alpha value is -2.86. The van der Waals surface area contributed by atoms with Crippen LogP contribution in [0.25, 0.3) is 10.9 Å². The van der Waals surface area contributed by atoms with E-state index in [1.165, 1.54) is 0 Å². The molecule has 128 valence electrons.